The van der Waals surface area contributed by atoms with Crippen LogP contribution in [0.5, 0.6) is 0 Å². The van der Waals surface area contributed by atoms with Gasteiger partial charge in [-0.3, -0.25) is 14.9 Å². The summed E-state index contributed by atoms with van der Waals surface area (Å²) in [6.45, 7) is 1.81. The minimum absolute atomic E-state index is 0.118. The summed E-state index contributed by atoms with van der Waals surface area (Å²) in [5, 5.41) is 10.4. The summed E-state index contributed by atoms with van der Waals surface area (Å²) in [4.78, 5) is 21.3. The van der Waals surface area contributed by atoms with Crippen molar-refractivity contribution in [2.75, 3.05) is 5.75 Å². The lowest BCUT2D eigenvalue weighted by molar-refractivity contribution is -0.385. The van der Waals surface area contributed by atoms with Crippen LogP contribution in [0.25, 0.3) is 0 Å². The summed E-state index contributed by atoms with van der Waals surface area (Å²) in [6.07, 6.45) is -0.118. The maximum absolute atomic E-state index is 12.9. The summed E-state index contributed by atoms with van der Waals surface area (Å²) in [5.41, 5.74) is -0.0950. The molecule has 86 valence electrons. The van der Waals surface area contributed by atoms with E-state index in [1.807, 2.05) is 6.92 Å². The average molecular weight is 243 g/mol. The molecule has 0 heterocycles. The molecule has 4 nitrogen and oxygen atoms in total. The van der Waals surface area contributed by atoms with Gasteiger partial charge in [0.2, 0.25) is 0 Å². The molecule has 0 aliphatic carbocycles. The Balaban J connectivity index is 2.96. The lowest BCUT2D eigenvalue weighted by atomic mass is 10.1. The van der Waals surface area contributed by atoms with E-state index >= 15 is 0 Å². The number of nitro benzene ring substituents is 1. The maximum Gasteiger partial charge on any atom is 0.273 e. The monoisotopic (exact) mass is 243 g/mol. The van der Waals surface area contributed by atoms with Crippen molar-refractivity contribution in [2.24, 2.45) is 0 Å². The molecule has 0 radical (unpaired) electrons. The van der Waals surface area contributed by atoms with Gasteiger partial charge >= 0.3 is 0 Å². The van der Waals surface area contributed by atoms with Gasteiger partial charge in [-0.25, -0.2) is 4.39 Å². The molecule has 1 aromatic rings. The molecular formula is C10H10FNO3S. The van der Waals surface area contributed by atoms with Gasteiger partial charge in [0.15, 0.2) is 5.12 Å². The fourth-order valence-electron chi connectivity index (χ4n) is 1.24. The minimum Gasteiger partial charge on any atom is -0.287 e. The molecule has 0 amide bonds. The highest BCUT2D eigenvalue weighted by atomic mass is 32.2. The van der Waals surface area contributed by atoms with Crippen molar-refractivity contribution in [1.82, 2.24) is 0 Å². The molecule has 0 aliphatic rings. The SMILES string of the molecule is CCSC(=O)Cc1cc(F)ccc1[N+](=O)[O-]. The number of carbonyl (C=O) groups is 1. The molecule has 0 spiro atoms. The van der Waals surface area contributed by atoms with Crippen molar-refractivity contribution in [3.63, 3.8) is 0 Å². The highest BCUT2D eigenvalue weighted by Gasteiger charge is 2.17. The average Bonchev–Trinajstić information content (AvgIpc) is 2.17. The number of nitrogens with zero attached hydrogens (tertiary/aromatic N) is 1. The Labute approximate surface area is 96.0 Å². The van der Waals surface area contributed by atoms with E-state index in [0.29, 0.717) is 5.75 Å². The summed E-state index contributed by atoms with van der Waals surface area (Å²) in [5.74, 6) is 0.0250. The van der Waals surface area contributed by atoms with Crippen LogP contribution in [0.4, 0.5) is 10.1 Å². The zero-order valence-corrected chi connectivity index (χ0v) is 9.42. The number of nitro groups is 1. The maximum atomic E-state index is 12.9. The molecule has 0 N–H and O–H groups in total. The highest BCUT2D eigenvalue weighted by Crippen LogP contribution is 2.21. The lowest BCUT2D eigenvalue weighted by Gasteiger charge is -2.01. The van der Waals surface area contributed by atoms with Gasteiger partial charge in [-0.15, -0.1) is 0 Å². The van der Waals surface area contributed by atoms with E-state index in [1.165, 1.54) is 0 Å². The Morgan fingerprint density at radius 2 is 2.25 bits per heavy atom. The van der Waals surface area contributed by atoms with Crippen molar-refractivity contribution in [2.45, 2.75) is 13.3 Å². The van der Waals surface area contributed by atoms with Crippen molar-refractivity contribution in [1.29, 1.82) is 0 Å². The molecule has 0 aromatic heterocycles. The van der Waals surface area contributed by atoms with Gasteiger partial charge in [-0.1, -0.05) is 18.7 Å². The predicted molar refractivity (Wildman–Crippen MR) is 59.9 cm³/mol. The number of halogens is 1. The minimum atomic E-state index is -0.612. The molecular weight excluding hydrogens is 233 g/mol. The van der Waals surface area contributed by atoms with Gasteiger partial charge in [0, 0.05) is 18.1 Å². The molecule has 0 aliphatic heterocycles. The molecule has 0 saturated heterocycles. The van der Waals surface area contributed by atoms with E-state index in [0.717, 1.165) is 30.0 Å². The first-order valence-electron chi connectivity index (χ1n) is 4.63. The van der Waals surface area contributed by atoms with E-state index in [9.17, 15) is 19.3 Å². The second kappa shape index (κ2) is 5.60. The van der Waals surface area contributed by atoms with E-state index < -0.39 is 10.7 Å². The van der Waals surface area contributed by atoms with Crippen LogP contribution >= 0.6 is 11.8 Å². The number of thioether (sulfide) groups is 1. The molecule has 0 unspecified atom stereocenters. The van der Waals surface area contributed by atoms with E-state index in [4.69, 9.17) is 0 Å². The van der Waals surface area contributed by atoms with Gasteiger partial charge in [0.25, 0.3) is 5.69 Å². The van der Waals surface area contributed by atoms with Crippen molar-refractivity contribution >= 4 is 22.6 Å². The Morgan fingerprint density at radius 1 is 1.56 bits per heavy atom. The molecule has 16 heavy (non-hydrogen) atoms. The Morgan fingerprint density at radius 3 is 2.81 bits per heavy atom. The zero-order valence-electron chi connectivity index (χ0n) is 8.60. The smallest absolute Gasteiger partial charge is 0.273 e. The van der Waals surface area contributed by atoms with Crippen LogP contribution in [0, 0.1) is 15.9 Å². The molecule has 0 fully saturated rings. The first-order chi connectivity index (χ1) is 7.54. The van der Waals surface area contributed by atoms with Crippen molar-refractivity contribution in [3.05, 3.63) is 39.7 Å². The summed E-state index contributed by atoms with van der Waals surface area (Å²) in [6, 6.07) is 3.12. The van der Waals surface area contributed by atoms with Crippen LogP contribution < -0.4 is 0 Å². The molecule has 6 heteroatoms. The molecule has 1 aromatic carbocycles. The van der Waals surface area contributed by atoms with Crippen LogP contribution in [0.1, 0.15) is 12.5 Å². The third kappa shape index (κ3) is 3.30. The second-order valence-electron chi connectivity index (χ2n) is 3.01. The Bertz CT molecular complexity index is 423. The number of carbonyl (C=O) groups excluding carboxylic acids is 1. The third-order valence-electron chi connectivity index (χ3n) is 1.88. The number of hydrogen-bond acceptors (Lipinski definition) is 4. The quantitative estimate of drug-likeness (QED) is 0.602. The van der Waals surface area contributed by atoms with Crippen LogP contribution in [-0.4, -0.2) is 15.8 Å². The number of hydrogen-bond donors (Lipinski definition) is 0. The van der Waals surface area contributed by atoms with Crippen molar-refractivity contribution < 1.29 is 14.1 Å². The standard InChI is InChI=1S/C10H10FNO3S/c1-2-16-10(13)6-7-5-8(11)3-4-9(7)12(14)15/h3-5H,2,6H2,1H3. The molecule has 1 rings (SSSR count). The summed E-state index contributed by atoms with van der Waals surface area (Å²) in [7, 11) is 0. The number of benzene rings is 1. The van der Waals surface area contributed by atoms with Gasteiger partial charge in [-0.05, 0) is 17.9 Å². The molecule has 0 bridgehead atoms. The Kier molecular flexibility index (Phi) is 4.42. The Hall–Kier alpha value is -1.43. The van der Waals surface area contributed by atoms with Gasteiger partial charge in [0.1, 0.15) is 5.82 Å². The zero-order chi connectivity index (χ0) is 12.1. The number of rotatable bonds is 4. The normalized spacial score (nSPS) is 10.1. The molecule has 0 atom stereocenters. The fourth-order valence-corrected chi connectivity index (χ4v) is 1.82. The largest absolute Gasteiger partial charge is 0.287 e. The third-order valence-corrected chi connectivity index (χ3v) is 2.63. The van der Waals surface area contributed by atoms with Gasteiger partial charge in [-0.2, -0.15) is 0 Å². The fraction of sp³-hybridized carbons (Fsp3) is 0.300. The van der Waals surface area contributed by atoms with E-state index in [1.54, 1.807) is 0 Å². The van der Waals surface area contributed by atoms with E-state index in [-0.39, 0.29) is 22.8 Å². The predicted octanol–water partition coefficient (Wildman–Crippen LogP) is 2.56. The summed E-state index contributed by atoms with van der Waals surface area (Å²) < 4.78 is 12.9. The topological polar surface area (TPSA) is 60.2 Å². The van der Waals surface area contributed by atoms with E-state index in [2.05, 4.69) is 0 Å². The van der Waals surface area contributed by atoms with Crippen molar-refractivity contribution in [3.8, 4) is 0 Å². The first-order valence-corrected chi connectivity index (χ1v) is 5.61. The van der Waals surface area contributed by atoms with Crippen LogP contribution in [0.15, 0.2) is 18.2 Å². The van der Waals surface area contributed by atoms with Crippen LogP contribution in [0.3, 0.4) is 0 Å². The lowest BCUT2D eigenvalue weighted by Crippen LogP contribution is -2.02. The summed E-state index contributed by atoms with van der Waals surface area (Å²) >= 11 is 1.07. The van der Waals surface area contributed by atoms with Gasteiger partial charge < -0.3 is 0 Å². The first kappa shape index (κ1) is 12.6. The second-order valence-corrected chi connectivity index (χ2v) is 4.33. The molecule has 0 saturated carbocycles. The van der Waals surface area contributed by atoms with Crippen LogP contribution in [-0.2, 0) is 11.2 Å². The van der Waals surface area contributed by atoms with Crippen LogP contribution in [0.2, 0.25) is 0 Å². The van der Waals surface area contributed by atoms with Gasteiger partial charge in [0.05, 0.1) is 4.92 Å². The highest BCUT2D eigenvalue weighted by molar-refractivity contribution is 8.13.